The molecule has 0 heterocycles. The highest BCUT2D eigenvalue weighted by atomic mass is 35.5. The molecular formula is C32H52Cl2O2. The molecule has 0 saturated heterocycles. The standard InChI is InChI=1S/C32H52Cl2O2/c1-19(2)20-11-14-29(5)17-18-31(7)21(25(20)29)9-10-23-30(6)15-13-24(36-27(35)26(33)34)28(3,4)22(30)12-16-32(23,31)8/h19-26H,9-18H2,1-8H3/t20-,21+,22-,23+,24-,25+,29+,30+,31+,32-/m0/s1. The minimum atomic E-state index is -1.10. The second-order valence-corrected chi connectivity index (χ2v) is 17.0. The molecule has 5 rings (SSSR count). The average molecular weight is 540 g/mol. The zero-order chi connectivity index (χ0) is 26.5. The number of esters is 1. The Labute approximate surface area is 231 Å². The van der Waals surface area contributed by atoms with Gasteiger partial charge in [-0.3, -0.25) is 0 Å². The van der Waals surface area contributed by atoms with Gasteiger partial charge in [0.2, 0.25) is 4.84 Å². The van der Waals surface area contributed by atoms with E-state index < -0.39 is 10.8 Å². The summed E-state index contributed by atoms with van der Waals surface area (Å²) >= 11 is 11.7. The molecule has 206 valence electrons. The van der Waals surface area contributed by atoms with Crippen molar-refractivity contribution < 1.29 is 9.53 Å². The van der Waals surface area contributed by atoms with Gasteiger partial charge in [-0.15, -0.1) is 0 Å². The zero-order valence-electron chi connectivity index (χ0n) is 24.3. The van der Waals surface area contributed by atoms with Crippen molar-refractivity contribution in [3.63, 3.8) is 0 Å². The molecule has 0 radical (unpaired) electrons. The van der Waals surface area contributed by atoms with Crippen LogP contribution in [0.2, 0.25) is 0 Å². The predicted molar refractivity (Wildman–Crippen MR) is 150 cm³/mol. The fourth-order valence-corrected chi connectivity index (χ4v) is 12.2. The molecular weight excluding hydrogens is 487 g/mol. The molecule has 0 unspecified atom stereocenters. The molecule has 2 nitrogen and oxygen atoms in total. The zero-order valence-corrected chi connectivity index (χ0v) is 25.8. The molecule has 0 aromatic rings. The van der Waals surface area contributed by atoms with Gasteiger partial charge in [0.15, 0.2) is 0 Å². The number of fused-ring (bicyclic) bond motifs is 7. The van der Waals surface area contributed by atoms with Crippen LogP contribution in [0.1, 0.15) is 120 Å². The Bertz CT molecular complexity index is 883. The van der Waals surface area contributed by atoms with Crippen molar-refractivity contribution in [2.45, 2.75) is 131 Å². The lowest BCUT2D eigenvalue weighted by Crippen LogP contribution is -2.66. The Morgan fingerprint density at radius 1 is 0.778 bits per heavy atom. The third kappa shape index (κ3) is 3.64. The molecule has 5 saturated carbocycles. The fourth-order valence-electron chi connectivity index (χ4n) is 12.1. The van der Waals surface area contributed by atoms with Crippen molar-refractivity contribution in [2.24, 2.45) is 62.6 Å². The van der Waals surface area contributed by atoms with Crippen LogP contribution in [0.5, 0.6) is 0 Å². The van der Waals surface area contributed by atoms with Crippen LogP contribution in [-0.2, 0) is 9.53 Å². The van der Waals surface area contributed by atoms with E-state index >= 15 is 0 Å². The molecule has 10 atom stereocenters. The summed E-state index contributed by atoms with van der Waals surface area (Å²) in [6.07, 6.45) is 13.1. The van der Waals surface area contributed by atoms with Crippen LogP contribution >= 0.6 is 23.2 Å². The number of halogens is 2. The Balaban J connectivity index is 1.46. The Hall–Kier alpha value is 0.0500. The SMILES string of the molecule is CC(C)[C@@H]1CC[C@]2(C)CC[C@]3(C)[C@H](CC[C@@H]4[C@]5(C)CC[C@H](OC(=O)C(Cl)Cl)C(C)(C)[C@@H]5CC[C@@]43C)[C@@H]12. The van der Waals surface area contributed by atoms with Gasteiger partial charge in [-0.1, -0.05) is 78.6 Å². The Morgan fingerprint density at radius 3 is 2.11 bits per heavy atom. The van der Waals surface area contributed by atoms with E-state index in [4.69, 9.17) is 27.9 Å². The van der Waals surface area contributed by atoms with E-state index in [1.807, 2.05) is 0 Å². The van der Waals surface area contributed by atoms with Gasteiger partial charge in [0.1, 0.15) is 6.10 Å². The number of carbonyl (C=O) groups excluding carboxylic acids is 1. The maximum Gasteiger partial charge on any atom is 0.339 e. The van der Waals surface area contributed by atoms with Crippen molar-refractivity contribution >= 4 is 29.2 Å². The molecule has 4 heteroatoms. The molecule has 5 fully saturated rings. The highest BCUT2D eigenvalue weighted by molar-refractivity contribution is 6.52. The first-order valence-electron chi connectivity index (χ1n) is 15.1. The Kier molecular flexibility index (Phi) is 6.73. The lowest BCUT2D eigenvalue weighted by molar-refractivity contribution is -0.250. The van der Waals surface area contributed by atoms with E-state index in [2.05, 4.69) is 55.4 Å². The molecule has 0 amide bonds. The number of hydrogen-bond donors (Lipinski definition) is 0. The van der Waals surface area contributed by atoms with E-state index in [1.54, 1.807) is 0 Å². The van der Waals surface area contributed by atoms with Crippen molar-refractivity contribution in [1.29, 1.82) is 0 Å². The average Bonchev–Trinajstić information content (AvgIpc) is 3.14. The molecule has 0 bridgehead atoms. The number of carbonyl (C=O) groups is 1. The van der Waals surface area contributed by atoms with Gasteiger partial charge in [0.05, 0.1) is 0 Å². The van der Waals surface area contributed by atoms with Crippen LogP contribution < -0.4 is 0 Å². The van der Waals surface area contributed by atoms with Crippen LogP contribution in [-0.4, -0.2) is 16.9 Å². The van der Waals surface area contributed by atoms with E-state index in [9.17, 15) is 4.79 Å². The first kappa shape index (κ1) is 27.6. The lowest BCUT2D eigenvalue weighted by atomic mass is 9.32. The predicted octanol–water partition coefficient (Wildman–Crippen LogP) is 9.46. The second kappa shape index (κ2) is 8.78. The summed E-state index contributed by atoms with van der Waals surface area (Å²) in [5.41, 5.74) is 1.62. The van der Waals surface area contributed by atoms with Crippen LogP contribution in [0, 0.1) is 62.6 Å². The first-order chi connectivity index (χ1) is 16.6. The van der Waals surface area contributed by atoms with Gasteiger partial charge in [-0.25, -0.2) is 4.79 Å². The van der Waals surface area contributed by atoms with Crippen molar-refractivity contribution in [3.05, 3.63) is 0 Å². The van der Waals surface area contributed by atoms with Gasteiger partial charge in [0.25, 0.3) is 0 Å². The molecule has 0 aromatic heterocycles. The van der Waals surface area contributed by atoms with E-state index in [-0.39, 0.29) is 11.5 Å². The highest BCUT2D eigenvalue weighted by Crippen LogP contribution is 2.77. The normalized spacial score (nSPS) is 51.8. The minimum Gasteiger partial charge on any atom is -0.460 e. The summed E-state index contributed by atoms with van der Waals surface area (Å²) in [6, 6.07) is 0. The third-order valence-electron chi connectivity index (χ3n) is 14.1. The molecule has 36 heavy (non-hydrogen) atoms. The summed E-state index contributed by atoms with van der Waals surface area (Å²) in [4.78, 5) is 11.2. The van der Waals surface area contributed by atoms with Crippen LogP contribution in [0.15, 0.2) is 0 Å². The third-order valence-corrected chi connectivity index (χ3v) is 14.5. The van der Waals surface area contributed by atoms with Crippen LogP contribution in [0.25, 0.3) is 0 Å². The van der Waals surface area contributed by atoms with Gasteiger partial charge < -0.3 is 4.74 Å². The van der Waals surface area contributed by atoms with Crippen molar-refractivity contribution in [2.75, 3.05) is 0 Å². The highest BCUT2D eigenvalue weighted by Gasteiger charge is 2.70. The molecule has 0 aliphatic heterocycles. The molecule has 0 aromatic carbocycles. The van der Waals surface area contributed by atoms with Gasteiger partial charge in [-0.05, 0) is 121 Å². The minimum absolute atomic E-state index is 0.0657. The number of alkyl halides is 2. The van der Waals surface area contributed by atoms with Gasteiger partial charge >= 0.3 is 5.97 Å². The van der Waals surface area contributed by atoms with Gasteiger partial charge in [-0.2, -0.15) is 0 Å². The van der Waals surface area contributed by atoms with E-state index in [0.29, 0.717) is 27.6 Å². The van der Waals surface area contributed by atoms with Crippen LogP contribution in [0.3, 0.4) is 0 Å². The van der Waals surface area contributed by atoms with E-state index in [0.717, 1.165) is 42.4 Å². The maximum absolute atomic E-state index is 12.3. The summed E-state index contributed by atoms with van der Waals surface area (Å²) < 4.78 is 5.92. The second-order valence-electron chi connectivity index (χ2n) is 15.9. The van der Waals surface area contributed by atoms with Crippen LogP contribution in [0.4, 0.5) is 0 Å². The first-order valence-corrected chi connectivity index (χ1v) is 16.0. The van der Waals surface area contributed by atoms with Crippen molar-refractivity contribution in [1.82, 2.24) is 0 Å². The number of rotatable bonds is 3. The largest absolute Gasteiger partial charge is 0.460 e. The number of hydrogen-bond acceptors (Lipinski definition) is 2. The topological polar surface area (TPSA) is 26.3 Å². The summed E-state index contributed by atoms with van der Waals surface area (Å²) in [5.74, 6) is 4.32. The summed E-state index contributed by atoms with van der Waals surface area (Å²) in [7, 11) is 0. The molecule has 0 spiro atoms. The monoisotopic (exact) mass is 538 g/mol. The molecule has 0 N–H and O–H groups in total. The summed E-state index contributed by atoms with van der Waals surface area (Å²) in [5, 5.41) is 0. The van der Waals surface area contributed by atoms with E-state index in [1.165, 1.54) is 51.4 Å². The fraction of sp³-hybridized carbons (Fsp3) is 0.969. The molecule has 5 aliphatic rings. The Morgan fingerprint density at radius 2 is 1.47 bits per heavy atom. The smallest absolute Gasteiger partial charge is 0.339 e. The lowest BCUT2D eigenvalue weighted by Gasteiger charge is -2.73. The van der Waals surface area contributed by atoms with Gasteiger partial charge in [0, 0.05) is 5.41 Å². The molecule has 5 aliphatic carbocycles. The van der Waals surface area contributed by atoms with Crippen molar-refractivity contribution in [3.8, 4) is 0 Å². The maximum atomic E-state index is 12.3. The summed E-state index contributed by atoms with van der Waals surface area (Å²) in [6.45, 7) is 20.4. The number of ether oxygens (including phenoxy) is 1. The quantitative estimate of drug-likeness (QED) is 0.264.